The number of hydrogen-bond acceptors (Lipinski definition) is 4. The Bertz CT molecular complexity index is 254. The highest BCUT2D eigenvalue weighted by atomic mass is 15.1. The van der Waals surface area contributed by atoms with E-state index in [4.69, 9.17) is 0 Å². The molecule has 102 valence electrons. The first-order valence-electron chi connectivity index (χ1n) is 7.87. The molecule has 0 radical (unpaired) electrons. The summed E-state index contributed by atoms with van der Waals surface area (Å²) in [4.78, 5) is 0. The third kappa shape index (κ3) is 1.82. The van der Waals surface area contributed by atoms with Gasteiger partial charge in [-0.2, -0.15) is 0 Å². The maximum absolute atomic E-state index is 3.83. The maximum atomic E-state index is 3.83. The Morgan fingerprint density at radius 3 is 1.17 bits per heavy atom. The molecule has 4 nitrogen and oxygen atoms in total. The second-order valence-corrected chi connectivity index (χ2v) is 6.58. The van der Waals surface area contributed by atoms with Crippen molar-refractivity contribution in [3.8, 4) is 0 Å². The van der Waals surface area contributed by atoms with E-state index in [1.807, 2.05) is 0 Å². The minimum atomic E-state index is 0.746. The van der Waals surface area contributed by atoms with Crippen molar-refractivity contribution < 1.29 is 0 Å². The minimum absolute atomic E-state index is 0.746. The normalized spacial score (nSPS) is 52.0. The zero-order chi connectivity index (χ0) is 11.9. The van der Waals surface area contributed by atoms with Gasteiger partial charge in [-0.3, -0.25) is 0 Å². The van der Waals surface area contributed by atoms with Crippen LogP contribution in [0, 0.1) is 11.8 Å². The molecule has 0 bridgehead atoms. The van der Waals surface area contributed by atoms with E-state index in [0.29, 0.717) is 0 Å². The van der Waals surface area contributed by atoms with Crippen LogP contribution in [0.2, 0.25) is 0 Å². The Balaban J connectivity index is 1.62. The molecule has 2 saturated heterocycles. The summed E-state index contributed by atoms with van der Waals surface area (Å²) in [6.07, 6.45) is 5.23. The van der Waals surface area contributed by atoms with Gasteiger partial charge in [0.25, 0.3) is 0 Å². The average molecular weight is 250 g/mol. The highest BCUT2D eigenvalue weighted by Gasteiger charge is 2.54. The highest BCUT2D eigenvalue weighted by molar-refractivity contribution is 5.13. The lowest BCUT2D eigenvalue weighted by Gasteiger charge is -2.30. The summed E-state index contributed by atoms with van der Waals surface area (Å²) in [7, 11) is 0. The summed E-state index contributed by atoms with van der Waals surface area (Å²) >= 11 is 0. The van der Waals surface area contributed by atoms with Gasteiger partial charge >= 0.3 is 0 Å². The third-order valence-corrected chi connectivity index (χ3v) is 5.65. The molecule has 4 aliphatic rings. The first kappa shape index (κ1) is 11.6. The van der Waals surface area contributed by atoms with Crippen molar-refractivity contribution in [2.45, 2.75) is 49.9 Å². The SMILES string of the molecule is C1CN[C@H]2C[C@H]3NCCCN[C@H]4C[C@@H](NC1)C2C43. The molecule has 18 heavy (non-hydrogen) atoms. The Kier molecular flexibility index (Phi) is 3.07. The Morgan fingerprint density at radius 2 is 0.833 bits per heavy atom. The molecule has 2 unspecified atom stereocenters. The Labute approximate surface area is 110 Å². The molecular formula is C14H26N4. The van der Waals surface area contributed by atoms with E-state index < -0.39 is 0 Å². The molecule has 6 atom stereocenters. The van der Waals surface area contributed by atoms with E-state index in [-0.39, 0.29) is 0 Å². The molecule has 4 heteroatoms. The van der Waals surface area contributed by atoms with Crippen molar-refractivity contribution in [1.29, 1.82) is 0 Å². The largest absolute Gasteiger partial charge is 0.314 e. The van der Waals surface area contributed by atoms with Gasteiger partial charge in [0.2, 0.25) is 0 Å². The van der Waals surface area contributed by atoms with Crippen LogP contribution >= 0.6 is 0 Å². The zero-order valence-corrected chi connectivity index (χ0v) is 11.1. The second kappa shape index (κ2) is 4.75. The summed E-state index contributed by atoms with van der Waals surface area (Å²) in [6.45, 7) is 4.77. The standard InChI is InChI=1S/C14H26N4/c1-3-15-9-7-11-14-12(18-6-2-5-17-11)8-10(13(9)14)16-4-1/h9-18H,1-8H2/t9-,10+,11+,12-,13?,14?. The lowest BCUT2D eigenvalue weighted by atomic mass is 9.90. The molecule has 4 fully saturated rings. The molecule has 4 rings (SSSR count). The lowest BCUT2D eigenvalue weighted by molar-refractivity contribution is 0.258. The topological polar surface area (TPSA) is 48.1 Å². The quantitative estimate of drug-likeness (QED) is 0.475. The maximum Gasteiger partial charge on any atom is 0.0129 e. The van der Waals surface area contributed by atoms with Gasteiger partial charge in [0.1, 0.15) is 0 Å². The fourth-order valence-electron chi connectivity index (χ4n) is 5.01. The molecule has 0 spiro atoms. The number of nitrogens with one attached hydrogen (secondary N) is 4. The lowest BCUT2D eigenvalue weighted by Crippen LogP contribution is -2.47. The van der Waals surface area contributed by atoms with Crippen LogP contribution in [-0.4, -0.2) is 50.3 Å². The first-order chi connectivity index (χ1) is 8.93. The van der Waals surface area contributed by atoms with Gasteiger partial charge in [-0.1, -0.05) is 0 Å². The van der Waals surface area contributed by atoms with Gasteiger partial charge in [0, 0.05) is 24.2 Å². The van der Waals surface area contributed by atoms with E-state index in [9.17, 15) is 0 Å². The fraction of sp³-hybridized carbons (Fsp3) is 1.00. The predicted molar refractivity (Wildman–Crippen MR) is 72.6 cm³/mol. The van der Waals surface area contributed by atoms with Crippen molar-refractivity contribution in [3.05, 3.63) is 0 Å². The van der Waals surface area contributed by atoms with Crippen LogP contribution in [0.4, 0.5) is 0 Å². The molecule has 0 aromatic heterocycles. The third-order valence-electron chi connectivity index (χ3n) is 5.65. The van der Waals surface area contributed by atoms with Gasteiger partial charge < -0.3 is 21.3 Å². The summed E-state index contributed by atoms with van der Waals surface area (Å²) in [5.41, 5.74) is 0. The van der Waals surface area contributed by atoms with Crippen LogP contribution < -0.4 is 21.3 Å². The van der Waals surface area contributed by atoms with Crippen molar-refractivity contribution in [3.63, 3.8) is 0 Å². The molecule has 0 aromatic carbocycles. The van der Waals surface area contributed by atoms with Crippen LogP contribution in [0.1, 0.15) is 25.7 Å². The molecule has 4 N–H and O–H groups in total. The van der Waals surface area contributed by atoms with Gasteiger partial charge in [-0.05, 0) is 63.7 Å². The summed E-state index contributed by atoms with van der Waals surface area (Å²) in [5, 5.41) is 15.3. The minimum Gasteiger partial charge on any atom is -0.314 e. The van der Waals surface area contributed by atoms with E-state index in [1.54, 1.807) is 0 Å². The Hall–Kier alpha value is -0.160. The van der Waals surface area contributed by atoms with E-state index in [0.717, 1.165) is 36.0 Å². The molecule has 2 aliphatic carbocycles. The molecular weight excluding hydrogens is 224 g/mol. The summed E-state index contributed by atoms with van der Waals surface area (Å²) < 4.78 is 0. The monoisotopic (exact) mass is 250 g/mol. The van der Waals surface area contributed by atoms with Crippen molar-refractivity contribution in [2.24, 2.45) is 11.8 Å². The smallest absolute Gasteiger partial charge is 0.0129 e. The first-order valence-corrected chi connectivity index (χ1v) is 7.87. The van der Waals surface area contributed by atoms with E-state index in [1.165, 1.54) is 51.9 Å². The molecule has 2 saturated carbocycles. The highest BCUT2D eigenvalue weighted by Crippen LogP contribution is 2.45. The van der Waals surface area contributed by atoms with E-state index >= 15 is 0 Å². The summed E-state index contributed by atoms with van der Waals surface area (Å²) in [5.74, 6) is 1.69. The van der Waals surface area contributed by atoms with Crippen molar-refractivity contribution in [2.75, 3.05) is 26.2 Å². The molecule has 2 aliphatic heterocycles. The van der Waals surface area contributed by atoms with Crippen molar-refractivity contribution >= 4 is 0 Å². The average Bonchev–Trinajstić information content (AvgIpc) is 2.80. The Morgan fingerprint density at radius 1 is 0.500 bits per heavy atom. The second-order valence-electron chi connectivity index (χ2n) is 6.58. The molecule has 0 aromatic rings. The molecule has 0 amide bonds. The zero-order valence-electron chi connectivity index (χ0n) is 11.1. The van der Waals surface area contributed by atoms with Gasteiger partial charge in [0.15, 0.2) is 0 Å². The van der Waals surface area contributed by atoms with Crippen LogP contribution in [0.25, 0.3) is 0 Å². The van der Waals surface area contributed by atoms with Crippen LogP contribution in [0.5, 0.6) is 0 Å². The van der Waals surface area contributed by atoms with Crippen LogP contribution in [-0.2, 0) is 0 Å². The van der Waals surface area contributed by atoms with E-state index in [2.05, 4.69) is 21.3 Å². The molecule has 2 heterocycles. The van der Waals surface area contributed by atoms with Crippen LogP contribution in [0.3, 0.4) is 0 Å². The van der Waals surface area contributed by atoms with Gasteiger partial charge in [-0.15, -0.1) is 0 Å². The van der Waals surface area contributed by atoms with Crippen LogP contribution in [0.15, 0.2) is 0 Å². The fourth-order valence-corrected chi connectivity index (χ4v) is 5.01. The predicted octanol–water partition coefficient (Wildman–Crippen LogP) is -0.334. The van der Waals surface area contributed by atoms with Gasteiger partial charge in [-0.25, -0.2) is 0 Å². The summed E-state index contributed by atoms with van der Waals surface area (Å²) in [6, 6.07) is 2.98. The van der Waals surface area contributed by atoms with Gasteiger partial charge in [0.05, 0.1) is 0 Å². The number of rotatable bonds is 0. The van der Waals surface area contributed by atoms with Crippen molar-refractivity contribution in [1.82, 2.24) is 21.3 Å². The number of hydrogen-bond donors (Lipinski definition) is 4.